The molecule has 0 spiro atoms. The number of carbonyl (C=O) groups excluding carboxylic acids is 1. The average Bonchev–Trinajstić information content (AvgIpc) is 2.75. The Morgan fingerprint density at radius 2 is 2.36 bits per heavy atom. The van der Waals surface area contributed by atoms with Gasteiger partial charge in [0.05, 0.1) is 22.6 Å². The molecule has 2 rings (SSSR count). The Balaban J connectivity index is 2.14. The van der Waals surface area contributed by atoms with E-state index in [1.54, 1.807) is 29.8 Å². The zero-order valence-corrected chi connectivity index (χ0v) is 8.77. The SMILES string of the molecule is O=C(Cc1ccco1)c1sccc1Cl. The van der Waals surface area contributed by atoms with Gasteiger partial charge in [0.15, 0.2) is 5.78 Å². The van der Waals surface area contributed by atoms with Gasteiger partial charge in [0.1, 0.15) is 5.76 Å². The molecule has 14 heavy (non-hydrogen) atoms. The van der Waals surface area contributed by atoms with Crippen LogP contribution >= 0.6 is 22.9 Å². The van der Waals surface area contributed by atoms with Crippen molar-refractivity contribution < 1.29 is 9.21 Å². The Kier molecular flexibility index (Phi) is 2.70. The second kappa shape index (κ2) is 3.98. The molecule has 0 unspecified atom stereocenters. The second-order valence-corrected chi connectivity index (χ2v) is 4.10. The van der Waals surface area contributed by atoms with Gasteiger partial charge in [0.25, 0.3) is 0 Å². The van der Waals surface area contributed by atoms with E-state index in [1.807, 2.05) is 0 Å². The van der Waals surface area contributed by atoms with Gasteiger partial charge in [-0.15, -0.1) is 11.3 Å². The Bertz CT molecular complexity index is 431. The predicted octanol–water partition coefficient (Wildman–Crippen LogP) is 3.42. The van der Waals surface area contributed by atoms with Crippen LogP contribution in [0.5, 0.6) is 0 Å². The number of hydrogen-bond acceptors (Lipinski definition) is 3. The third kappa shape index (κ3) is 1.89. The minimum absolute atomic E-state index is 0.0000463. The highest BCUT2D eigenvalue weighted by Crippen LogP contribution is 2.23. The molecule has 0 aromatic carbocycles. The molecule has 2 aromatic heterocycles. The van der Waals surface area contributed by atoms with E-state index in [4.69, 9.17) is 16.0 Å². The molecule has 0 bridgehead atoms. The normalized spacial score (nSPS) is 10.4. The Morgan fingerprint density at radius 3 is 2.93 bits per heavy atom. The van der Waals surface area contributed by atoms with E-state index in [2.05, 4.69) is 0 Å². The molecule has 0 fully saturated rings. The number of ketones is 1. The lowest BCUT2D eigenvalue weighted by Gasteiger charge is -1.95. The van der Waals surface area contributed by atoms with E-state index in [1.165, 1.54) is 11.3 Å². The number of halogens is 1. The molecule has 0 aliphatic carbocycles. The first kappa shape index (κ1) is 9.49. The van der Waals surface area contributed by atoms with Gasteiger partial charge >= 0.3 is 0 Å². The molecule has 0 saturated heterocycles. The molecule has 0 saturated carbocycles. The van der Waals surface area contributed by atoms with Crippen molar-refractivity contribution in [3.05, 3.63) is 45.5 Å². The first-order valence-electron chi connectivity index (χ1n) is 4.06. The highest BCUT2D eigenvalue weighted by molar-refractivity contribution is 7.12. The monoisotopic (exact) mass is 226 g/mol. The summed E-state index contributed by atoms with van der Waals surface area (Å²) in [7, 11) is 0. The standard InChI is InChI=1S/C10H7ClO2S/c11-8-3-5-14-10(8)9(12)6-7-2-1-4-13-7/h1-5H,6H2. The van der Waals surface area contributed by atoms with Crippen LogP contribution in [0, 0.1) is 0 Å². The Morgan fingerprint density at radius 1 is 1.50 bits per heavy atom. The summed E-state index contributed by atoms with van der Waals surface area (Å²) in [4.78, 5) is 12.3. The van der Waals surface area contributed by atoms with Crippen molar-refractivity contribution in [2.75, 3.05) is 0 Å². The van der Waals surface area contributed by atoms with E-state index in [0.717, 1.165) is 0 Å². The summed E-state index contributed by atoms with van der Waals surface area (Å²) in [6, 6.07) is 5.26. The summed E-state index contributed by atoms with van der Waals surface area (Å²) in [5, 5.41) is 2.32. The summed E-state index contributed by atoms with van der Waals surface area (Å²) in [5.41, 5.74) is 0. The summed E-state index contributed by atoms with van der Waals surface area (Å²) in [6.07, 6.45) is 1.83. The Labute approximate surface area is 90.1 Å². The second-order valence-electron chi connectivity index (χ2n) is 2.78. The molecule has 0 radical (unpaired) electrons. The number of carbonyl (C=O) groups is 1. The first-order chi connectivity index (χ1) is 6.77. The minimum atomic E-state index is -0.0000463. The molecule has 0 atom stereocenters. The Hall–Kier alpha value is -1.06. The lowest BCUT2D eigenvalue weighted by atomic mass is 10.2. The topological polar surface area (TPSA) is 30.2 Å². The molecule has 2 nitrogen and oxygen atoms in total. The third-order valence-electron chi connectivity index (χ3n) is 1.79. The van der Waals surface area contributed by atoms with Crippen LogP contribution in [0.25, 0.3) is 0 Å². The van der Waals surface area contributed by atoms with E-state index < -0.39 is 0 Å². The molecule has 0 N–H and O–H groups in total. The summed E-state index contributed by atoms with van der Waals surface area (Å²) in [5.74, 6) is 0.666. The molecular weight excluding hydrogens is 220 g/mol. The zero-order valence-electron chi connectivity index (χ0n) is 7.20. The van der Waals surface area contributed by atoms with Gasteiger partial charge < -0.3 is 4.42 Å². The molecule has 0 aliphatic rings. The van der Waals surface area contributed by atoms with Crippen molar-refractivity contribution in [3.63, 3.8) is 0 Å². The van der Waals surface area contributed by atoms with Crippen molar-refractivity contribution in [1.82, 2.24) is 0 Å². The number of rotatable bonds is 3. The number of Topliss-reactive ketones (excluding diaryl/α,β-unsaturated/α-hetero) is 1. The zero-order chi connectivity index (χ0) is 9.97. The van der Waals surface area contributed by atoms with E-state index in [9.17, 15) is 4.79 Å². The lowest BCUT2D eigenvalue weighted by molar-refractivity contribution is 0.0991. The van der Waals surface area contributed by atoms with Gasteiger partial charge in [0, 0.05) is 0 Å². The van der Waals surface area contributed by atoms with Crippen molar-refractivity contribution in [3.8, 4) is 0 Å². The third-order valence-corrected chi connectivity index (χ3v) is 3.17. The van der Waals surface area contributed by atoms with Crippen LogP contribution in [-0.4, -0.2) is 5.78 Å². The van der Waals surface area contributed by atoms with Crippen molar-refractivity contribution in [2.45, 2.75) is 6.42 Å². The van der Waals surface area contributed by atoms with Crippen LogP contribution < -0.4 is 0 Å². The smallest absolute Gasteiger partial charge is 0.181 e. The number of thiophene rings is 1. The van der Waals surface area contributed by atoms with Crippen LogP contribution in [0.3, 0.4) is 0 Å². The first-order valence-corrected chi connectivity index (χ1v) is 5.31. The minimum Gasteiger partial charge on any atom is -0.469 e. The van der Waals surface area contributed by atoms with Gasteiger partial charge in [-0.3, -0.25) is 4.79 Å². The van der Waals surface area contributed by atoms with Crippen LogP contribution in [0.15, 0.2) is 34.3 Å². The van der Waals surface area contributed by atoms with Crippen LogP contribution in [0.2, 0.25) is 5.02 Å². The summed E-state index contributed by atoms with van der Waals surface area (Å²) < 4.78 is 5.08. The molecule has 0 aliphatic heterocycles. The van der Waals surface area contributed by atoms with Gasteiger partial charge in [0.2, 0.25) is 0 Å². The maximum absolute atomic E-state index is 11.7. The average molecular weight is 227 g/mol. The molecule has 4 heteroatoms. The van der Waals surface area contributed by atoms with E-state index in [-0.39, 0.29) is 12.2 Å². The summed E-state index contributed by atoms with van der Waals surface area (Å²) in [6.45, 7) is 0. The van der Waals surface area contributed by atoms with Gasteiger partial charge in [-0.1, -0.05) is 11.6 Å². The number of furan rings is 1. The van der Waals surface area contributed by atoms with Gasteiger partial charge in [-0.05, 0) is 23.6 Å². The van der Waals surface area contributed by atoms with Crippen LogP contribution in [0.4, 0.5) is 0 Å². The fraction of sp³-hybridized carbons (Fsp3) is 0.100. The highest BCUT2D eigenvalue weighted by Gasteiger charge is 2.13. The highest BCUT2D eigenvalue weighted by atomic mass is 35.5. The molecule has 2 aromatic rings. The van der Waals surface area contributed by atoms with Gasteiger partial charge in [-0.2, -0.15) is 0 Å². The maximum atomic E-state index is 11.7. The van der Waals surface area contributed by atoms with Crippen molar-refractivity contribution >= 4 is 28.7 Å². The van der Waals surface area contributed by atoms with Gasteiger partial charge in [-0.25, -0.2) is 0 Å². The molecular formula is C10H7ClO2S. The van der Waals surface area contributed by atoms with Crippen molar-refractivity contribution in [1.29, 1.82) is 0 Å². The maximum Gasteiger partial charge on any atom is 0.181 e. The quantitative estimate of drug-likeness (QED) is 0.751. The number of hydrogen-bond donors (Lipinski definition) is 0. The fourth-order valence-electron chi connectivity index (χ4n) is 1.14. The largest absolute Gasteiger partial charge is 0.469 e. The lowest BCUT2D eigenvalue weighted by Crippen LogP contribution is -2.00. The van der Waals surface area contributed by atoms with E-state index >= 15 is 0 Å². The summed E-state index contributed by atoms with van der Waals surface area (Å²) >= 11 is 7.19. The molecule has 0 amide bonds. The predicted molar refractivity (Wildman–Crippen MR) is 56.1 cm³/mol. The van der Waals surface area contributed by atoms with E-state index in [0.29, 0.717) is 15.7 Å². The van der Waals surface area contributed by atoms with Crippen molar-refractivity contribution in [2.24, 2.45) is 0 Å². The van der Waals surface area contributed by atoms with Crippen LogP contribution in [0.1, 0.15) is 15.4 Å². The van der Waals surface area contributed by atoms with Crippen LogP contribution in [-0.2, 0) is 6.42 Å². The molecule has 2 heterocycles. The fourth-order valence-corrected chi connectivity index (χ4v) is 2.25. The molecule has 72 valence electrons.